The van der Waals surface area contributed by atoms with Gasteiger partial charge < -0.3 is 15.5 Å². The molecule has 18 heavy (non-hydrogen) atoms. The summed E-state index contributed by atoms with van der Waals surface area (Å²) in [5.74, 6) is -1.88. The quantitative estimate of drug-likeness (QED) is 0.747. The van der Waals surface area contributed by atoms with Crippen LogP contribution < -0.4 is 5.32 Å². The van der Waals surface area contributed by atoms with Gasteiger partial charge in [-0.3, -0.25) is 4.79 Å². The maximum Gasteiger partial charge on any atom is 0.328 e. The highest BCUT2D eigenvalue weighted by atomic mass is 32.1. The molecule has 0 aliphatic heterocycles. The van der Waals surface area contributed by atoms with E-state index >= 15 is 0 Å². The van der Waals surface area contributed by atoms with Gasteiger partial charge in [-0.2, -0.15) is 0 Å². The molecule has 0 saturated carbocycles. The predicted molar refractivity (Wildman–Crippen MR) is 65.6 cm³/mol. The normalized spacial score (nSPS) is 12.3. The van der Waals surface area contributed by atoms with E-state index in [0.717, 1.165) is 4.70 Å². The molecule has 1 atom stereocenters. The second-order valence-electron chi connectivity index (χ2n) is 3.53. The standard InChI is InChI=1S/C11H10N2O4S/c14-5-7(11(16)17)12-9(15)10-13-6-3-1-2-4-8(6)18-10/h1-4,7,14H,5H2,(H,12,15)(H,16,17). The molecule has 2 rings (SSSR count). The lowest BCUT2D eigenvalue weighted by atomic mass is 10.3. The van der Waals surface area contributed by atoms with Crippen LogP contribution in [0.25, 0.3) is 10.2 Å². The molecule has 0 spiro atoms. The topological polar surface area (TPSA) is 99.5 Å². The van der Waals surface area contributed by atoms with E-state index < -0.39 is 24.5 Å². The van der Waals surface area contributed by atoms with Gasteiger partial charge in [-0.1, -0.05) is 12.1 Å². The van der Waals surface area contributed by atoms with Crippen molar-refractivity contribution in [1.29, 1.82) is 0 Å². The third kappa shape index (κ3) is 2.47. The summed E-state index contributed by atoms with van der Waals surface area (Å²) in [5, 5.41) is 19.9. The number of hydrogen-bond acceptors (Lipinski definition) is 5. The molecule has 0 aliphatic rings. The number of rotatable bonds is 4. The van der Waals surface area contributed by atoms with Crippen molar-refractivity contribution >= 4 is 33.4 Å². The second-order valence-corrected chi connectivity index (χ2v) is 4.56. The van der Waals surface area contributed by atoms with Crippen LogP contribution in [0.1, 0.15) is 9.80 Å². The Balaban J connectivity index is 2.20. The number of amides is 1. The van der Waals surface area contributed by atoms with Gasteiger partial charge in [0, 0.05) is 0 Å². The summed E-state index contributed by atoms with van der Waals surface area (Å²) in [6.45, 7) is -0.661. The number of hydrogen-bond donors (Lipinski definition) is 3. The maximum atomic E-state index is 11.8. The van der Waals surface area contributed by atoms with E-state index in [1.54, 1.807) is 12.1 Å². The molecule has 0 fully saturated rings. The third-order valence-corrected chi connectivity index (χ3v) is 3.31. The SMILES string of the molecule is O=C(NC(CO)C(=O)O)c1nc2ccccc2s1. The molecule has 0 aliphatic carbocycles. The number of carbonyl (C=O) groups excluding carboxylic acids is 1. The van der Waals surface area contributed by atoms with Crippen LogP contribution in [0.4, 0.5) is 0 Å². The Morgan fingerprint density at radius 1 is 1.39 bits per heavy atom. The Kier molecular flexibility index (Phi) is 3.54. The number of nitrogens with zero attached hydrogens (tertiary/aromatic N) is 1. The fraction of sp³-hybridized carbons (Fsp3) is 0.182. The minimum Gasteiger partial charge on any atom is -0.480 e. The number of thiazole rings is 1. The van der Waals surface area contributed by atoms with E-state index in [1.807, 2.05) is 12.1 Å². The van der Waals surface area contributed by atoms with Crippen LogP contribution in [0, 0.1) is 0 Å². The number of nitrogens with one attached hydrogen (secondary N) is 1. The lowest BCUT2D eigenvalue weighted by Crippen LogP contribution is -2.43. The van der Waals surface area contributed by atoms with Gasteiger partial charge in [0.25, 0.3) is 5.91 Å². The molecule has 1 heterocycles. The minimum atomic E-state index is -1.32. The number of carboxylic acid groups (broad SMARTS) is 1. The number of carbonyl (C=O) groups is 2. The zero-order valence-corrected chi connectivity index (χ0v) is 9.98. The van der Waals surface area contributed by atoms with Crippen LogP contribution in [0.15, 0.2) is 24.3 Å². The monoisotopic (exact) mass is 266 g/mol. The highest BCUT2D eigenvalue weighted by Crippen LogP contribution is 2.21. The average Bonchev–Trinajstić information content (AvgIpc) is 2.79. The first-order valence-electron chi connectivity index (χ1n) is 5.12. The Hall–Kier alpha value is -1.99. The molecule has 1 amide bonds. The lowest BCUT2D eigenvalue weighted by molar-refractivity contribution is -0.140. The van der Waals surface area contributed by atoms with Crippen molar-refractivity contribution in [2.45, 2.75) is 6.04 Å². The van der Waals surface area contributed by atoms with Gasteiger partial charge in [-0.15, -0.1) is 11.3 Å². The van der Waals surface area contributed by atoms with Crippen molar-refractivity contribution in [2.75, 3.05) is 6.61 Å². The van der Waals surface area contributed by atoms with Gasteiger partial charge in [0.15, 0.2) is 11.0 Å². The van der Waals surface area contributed by atoms with Gasteiger partial charge in [0.05, 0.1) is 16.8 Å². The number of para-hydroxylation sites is 1. The van der Waals surface area contributed by atoms with Crippen LogP contribution in [-0.2, 0) is 4.79 Å². The van der Waals surface area contributed by atoms with E-state index in [2.05, 4.69) is 10.3 Å². The molecule has 1 aromatic heterocycles. The minimum absolute atomic E-state index is 0.177. The maximum absolute atomic E-state index is 11.8. The van der Waals surface area contributed by atoms with E-state index in [9.17, 15) is 9.59 Å². The molecule has 6 nitrogen and oxygen atoms in total. The average molecular weight is 266 g/mol. The first-order valence-corrected chi connectivity index (χ1v) is 5.93. The van der Waals surface area contributed by atoms with Crippen molar-refractivity contribution in [3.8, 4) is 0 Å². The number of benzene rings is 1. The van der Waals surface area contributed by atoms with Gasteiger partial charge in [-0.25, -0.2) is 9.78 Å². The number of fused-ring (bicyclic) bond motifs is 1. The van der Waals surface area contributed by atoms with Gasteiger partial charge in [0.2, 0.25) is 0 Å². The lowest BCUT2D eigenvalue weighted by Gasteiger charge is -2.09. The Morgan fingerprint density at radius 2 is 2.11 bits per heavy atom. The fourth-order valence-electron chi connectivity index (χ4n) is 1.37. The summed E-state index contributed by atoms with van der Waals surface area (Å²) >= 11 is 1.17. The van der Waals surface area contributed by atoms with Crippen molar-refractivity contribution in [3.05, 3.63) is 29.3 Å². The third-order valence-electron chi connectivity index (χ3n) is 2.27. The molecular weight excluding hydrogens is 256 g/mol. The zero-order chi connectivity index (χ0) is 13.1. The second kappa shape index (κ2) is 5.11. The van der Waals surface area contributed by atoms with E-state index in [1.165, 1.54) is 11.3 Å². The number of carboxylic acids is 1. The van der Waals surface area contributed by atoms with Gasteiger partial charge in [-0.05, 0) is 12.1 Å². The molecule has 0 saturated heterocycles. The molecule has 0 radical (unpaired) electrons. The Morgan fingerprint density at radius 3 is 2.72 bits per heavy atom. The zero-order valence-electron chi connectivity index (χ0n) is 9.16. The molecule has 1 aromatic carbocycles. The van der Waals surface area contributed by atoms with E-state index in [0.29, 0.717) is 5.52 Å². The number of aliphatic hydroxyl groups excluding tert-OH is 1. The number of aromatic nitrogens is 1. The molecule has 3 N–H and O–H groups in total. The predicted octanol–water partition coefficient (Wildman–Crippen LogP) is 0.472. The molecule has 94 valence electrons. The Bertz CT molecular complexity index is 562. The van der Waals surface area contributed by atoms with E-state index in [-0.39, 0.29) is 5.01 Å². The summed E-state index contributed by atoms with van der Waals surface area (Å²) in [5.41, 5.74) is 0.684. The smallest absolute Gasteiger partial charge is 0.328 e. The van der Waals surface area contributed by atoms with Crippen molar-refractivity contribution in [2.24, 2.45) is 0 Å². The van der Waals surface area contributed by atoms with Crippen molar-refractivity contribution in [3.63, 3.8) is 0 Å². The first kappa shape index (κ1) is 12.5. The van der Waals surface area contributed by atoms with E-state index in [4.69, 9.17) is 10.2 Å². The summed E-state index contributed by atoms with van der Waals surface area (Å²) in [4.78, 5) is 26.5. The van der Waals surface area contributed by atoms with Crippen LogP contribution >= 0.6 is 11.3 Å². The number of aliphatic carboxylic acids is 1. The largest absolute Gasteiger partial charge is 0.480 e. The van der Waals surface area contributed by atoms with Crippen LogP contribution in [0.2, 0.25) is 0 Å². The molecule has 1 unspecified atom stereocenters. The van der Waals surface area contributed by atoms with Gasteiger partial charge in [0.1, 0.15) is 0 Å². The summed E-state index contributed by atoms with van der Waals surface area (Å²) in [7, 11) is 0. The fourth-order valence-corrected chi connectivity index (χ4v) is 2.24. The Labute approximate surface area is 106 Å². The van der Waals surface area contributed by atoms with Crippen LogP contribution in [-0.4, -0.2) is 39.7 Å². The number of aliphatic hydroxyl groups is 1. The highest BCUT2D eigenvalue weighted by molar-refractivity contribution is 7.20. The molecule has 7 heteroatoms. The summed E-state index contributed by atoms with van der Waals surface area (Å²) in [6, 6.07) is 5.91. The summed E-state index contributed by atoms with van der Waals surface area (Å²) in [6.07, 6.45) is 0. The summed E-state index contributed by atoms with van der Waals surface area (Å²) < 4.78 is 0.846. The molecule has 0 bridgehead atoms. The van der Waals surface area contributed by atoms with Crippen molar-refractivity contribution < 1.29 is 19.8 Å². The van der Waals surface area contributed by atoms with Crippen LogP contribution in [0.5, 0.6) is 0 Å². The van der Waals surface area contributed by atoms with Crippen molar-refractivity contribution in [1.82, 2.24) is 10.3 Å². The first-order chi connectivity index (χ1) is 8.61. The van der Waals surface area contributed by atoms with Gasteiger partial charge >= 0.3 is 5.97 Å². The van der Waals surface area contributed by atoms with Crippen LogP contribution in [0.3, 0.4) is 0 Å². The molecule has 2 aromatic rings. The molecular formula is C11H10N2O4S. The highest BCUT2D eigenvalue weighted by Gasteiger charge is 2.21.